The molecular formula is C30H36N4O4. The van der Waals surface area contributed by atoms with Gasteiger partial charge in [-0.3, -0.25) is 14.5 Å². The molecule has 5 rings (SSSR count). The molecule has 200 valence electrons. The molecule has 0 aromatic heterocycles. The molecule has 0 saturated carbocycles. The normalized spacial score (nSPS) is 20.2. The molecule has 38 heavy (non-hydrogen) atoms. The minimum atomic E-state index is -0.626. The summed E-state index contributed by atoms with van der Waals surface area (Å²) in [7, 11) is 0. The van der Waals surface area contributed by atoms with E-state index in [4.69, 9.17) is 4.74 Å². The van der Waals surface area contributed by atoms with E-state index in [-0.39, 0.29) is 30.3 Å². The molecule has 0 bridgehead atoms. The maximum Gasteiger partial charge on any atom is 0.322 e. The Morgan fingerprint density at radius 2 is 1.74 bits per heavy atom. The second-order valence-corrected chi connectivity index (χ2v) is 10.6. The zero-order chi connectivity index (χ0) is 26.8. The molecule has 1 N–H and O–H groups in total. The first kappa shape index (κ1) is 25.8. The zero-order valence-corrected chi connectivity index (χ0v) is 22.4. The van der Waals surface area contributed by atoms with Crippen LogP contribution in [0.15, 0.2) is 65.9 Å². The number of amides is 4. The molecule has 4 amide bonds. The van der Waals surface area contributed by atoms with E-state index in [1.165, 1.54) is 0 Å². The number of urea groups is 1. The highest BCUT2D eigenvalue weighted by Crippen LogP contribution is 2.39. The van der Waals surface area contributed by atoms with Gasteiger partial charge < -0.3 is 19.9 Å². The number of nitrogens with zero attached hydrogens (tertiary/aromatic N) is 3. The van der Waals surface area contributed by atoms with Crippen LogP contribution in [-0.4, -0.2) is 64.8 Å². The maximum absolute atomic E-state index is 14.1. The van der Waals surface area contributed by atoms with Crippen LogP contribution in [0.1, 0.15) is 51.6 Å². The van der Waals surface area contributed by atoms with Crippen LogP contribution in [0.25, 0.3) is 0 Å². The van der Waals surface area contributed by atoms with Crippen molar-refractivity contribution in [1.29, 1.82) is 0 Å². The van der Waals surface area contributed by atoms with Crippen LogP contribution in [0.2, 0.25) is 0 Å². The number of nitrogens with one attached hydrogen (secondary N) is 1. The number of rotatable bonds is 8. The molecule has 1 saturated heterocycles. The summed E-state index contributed by atoms with van der Waals surface area (Å²) in [6, 6.07) is 15.5. The van der Waals surface area contributed by atoms with E-state index in [1.54, 1.807) is 9.80 Å². The molecule has 0 spiro atoms. The molecule has 2 aromatic rings. The Morgan fingerprint density at radius 3 is 2.42 bits per heavy atom. The lowest BCUT2D eigenvalue weighted by Crippen LogP contribution is -2.50. The zero-order valence-electron chi connectivity index (χ0n) is 22.4. The van der Waals surface area contributed by atoms with Crippen LogP contribution in [0.5, 0.6) is 11.5 Å². The van der Waals surface area contributed by atoms with Crippen LogP contribution in [0, 0.1) is 5.92 Å². The number of hydrogen-bond donors (Lipinski definition) is 1. The number of hydrogen-bond acceptors (Lipinski definition) is 4. The predicted octanol–water partition coefficient (Wildman–Crippen LogP) is 4.70. The number of ether oxygens (including phenoxy) is 1. The van der Waals surface area contributed by atoms with Gasteiger partial charge in [0.2, 0.25) is 5.91 Å². The predicted molar refractivity (Wildman–Crippen MR) is 144 cm³/mol. The van der Waals surface area contributed by atoms with Gasteiger partial charge >= 0.3 is 6.03 Å². The highest BCUT2D eigenvalue weighted by Gasteiger charge is 2.47. The Bertz CT molecular complexity index is 1240. The first-order valence-electron chi connectivity index (χ1n) is 13.6. The van der Waals surface area contributed by atoms with Crippen LogP contribution in [0.3, 0.4) is 0 Å². The summed E-state index contributed by atoms with van der Waals surface area (Å²) in [6.07, 6.45) is 2.57. The second-order valence-electron chi connectivity index (χ2n) is 10.6. The van der Waals surface area contributed by atoms with Crippen molar-refractivity contribution in [2.24, 2.45) is 5.92 Å². The summed E-state index contributed by atoms with van der Waals surface area (Å²) in [4.78, 5) is 46.1. The van der Waals surface area contributed by atoms with E-state index in [2.05, 4.69) is 19.2 Å². The molecule has 0 radical (unpaired) electrons. The Labute approximate surface area is 224 Å². The molecule has 3 aliphatic heterocycles. The Hall–Kier alpha value is -3.81. The fourth-order valence-corrected chi connectivity index (χ4v) is 5.69. The summed E-state index contributed by atoms with van der Waals surface area (Å²) in [6.45, 7) is 8.20. The monoisotopic (exact) mass is 516 g/mol. The molecule has 8 heteroatoms. The fourth-order valence-electron chi connectivity index (χ4n) is 5.69. The lowest BCUT2D eigenvalue weighted by Gasteiger charge is -2.33. The number of likely N-dealkylation sites (N-methyl/N-ethyl adjacent to an activating group) is 1. The first-order valence-corrected chi connectivity index (χ1v) is 13.6. The Morgan fingerprint density at radius 1 is 1.03 bits per heavy atom. The molecule has 8 nitrogen and oxygen atoms in total. The minimum absolute atomic E-state index is 0.0153. The molecule has 3 heterocycles. The molecule has 1 fully saturated rings. The quantitative estimate of drug-likeness (QED) is 0.552. The number of para-hydroxylation sites is 1. The molecule has 3 aliphatic rings. The SMILES string of the molecule is CCN1C(=O)NC(c2cccc(Oc3ccccc3)c2)C2=C1CN(C(CC(C)C)C(=O)N1CCCC1)C2=O. The Balaban J connectivity index is 1.48. The van der Waals surface area contributed by atoms with Crippen molar-refractivity contribution in [3.8, 4) is 11.5 Å². The van der Waals surface area contributed by atoms with E-state index < -0.39 is 12.1 Å². The topological polar surface area (TPSA) is 82.2 Å². The summed E-state index contributed by atoms with van der Waals surface area (Å²) >= 11 is 0. The average molecular weight is 517 g/mol. The van der Waals surface area contributed by atoms with Gasteiger partial charge in [0.25, 0.3) is 5.91 Å². The lowest BCUT2D eigenvalue weighted by atomic mass is 9.95. The van der Waals surface area contributed by atoms with E-state index in [0.717, 1.165) is 31.5 Å². The van der Waals surface area contributed by atoms with Crippen molar-refractivity contribution in [2.45, 2.75) is 52.1 Å². The van der Waals surface area contributed by atoms with Gasteiger partial charge in [-0.1, -0.05) is 44.2 Å². The molecule has 2 aromatic carbocycles. The van der Waals surface area contributed by atoms with Gasteiger partial charge in [-0.15, -0.1) is 0 Å². The van der Waals surface area contributed by atoms with E-state index in [0.29, 0.717) is 35.7 Å². The van der Waals surface area contributed by atoms with E-state index >= 15 is 0 Å². The van der Waals surface area contributed by atoms with Gasteiger partial charge in [0.1, 0.15) is 17.5 Å². The second kappa shape index (κ2) is 10.9. The standard InChI is InChI=1S/C30H36N4O4/c1-4-33-25-19-34(24(17-20(2)3)28(35)32-15-8-9-16-32)29(36)26(25)27(31-30(33)37)21-11-10-14-23(18-21)38-22-12-6-5-7-13-22/h5-7,10-14,18,20,24,27H,4,8-9,15-17,19H2,1-3H3,(H,31,37). The largest absolute Gasteiger partial charge is 0.457 e. The molecular weight excluding hydrogens is 480 g/mol. The number of carbonyl (C=O) groups is 3. The van der Waals surface area contributed by atoms with E-state index in [9.17, 15) is 14.4 Å². The number of benzene rings is 2. The minimum Gasteiger partial charge on any atom is -0.457 e. The Kier molecular flexibility index (Phi) is 7.40. The van der Waals surface area contributed by atoms with Crippen LogP contribution >= 0.6 is 0 Å². The van der Waals surface area contributed by atoms with Crippen molar-refractivity contribution >= 4 is 17.8 Å². The average Bonchev–Trinajstić information content (AvgIpc) is 3.56. The van der Waals surface area contributed by atoms with Gasteiger partial charge in [-0.05, 0) is 61.9 Å². The summed E-state index contributed by atoms with van der Waals surface area (Å²) in [5.74, 6) is 1.39. The van der Waals surface area contributed by atoms with Crippen LogP contribution < -0.4 is 10.1 Å². The van der Waals surface area contributed by atoms with Crippen molar-refractivity contribution in [1.82, 2.24) is 20.0 Å². The van der Waals surface area contributed by atoms with Gasteiger partial charge in [-0.2, -0.15) is 0 Å². The number of likely N-dealkylation sites (tertiary alicyclic amines) is 1. The van der Waals surface area contributed by atoms with Gasteiger partial charge in [-0.25, -0.2) is 4.79 Å². The van der Waals surface area contributed by atoms with Gasteiger partial charge in [0.15, 0.2) is 0 Å². The summed E-state index contributed by atoms with van der Waals surface area (Å²) in [5.41, 5.74) is 1.98. The van der Waals surface area contributed by atoms with Crippen molar-refractivity contribution in [3.05, 3.63) is 71.4 Å². The third kappa shape index (κ3) is 4.99. The molecule has 0 aliphatic carbocycles. The maximum atomic E-state index is 14.1. The van der Waals surface area contributed by atoms with E-state index in [1.807, 2.05) is 66.4 Å². The highest BCUT2D eigenvalue weighted by molar-refractivity contribution is 6.03. The van der Waals surface area contributed by atoms with Crippen molar-refractivity contribution in [3.63, 3.8) is 0 Å². The van der Waals surface area contributed by atoms with Crippen LogP contribution in [0.4, 0.5) is 4.79 Å². The summed E-state index contributed by atoms with van der Waals surface area (Å²) in [5, 5.41) is 3.04. The summed E-state index contributed by atoms with van der Waals surface area (Å²) < 4.78 is 6.02. The van der Waals surface area contributed by atoms with Crippen molar-refractivity contribution in [2.75, 3.05) is 26.2 Å². The van der Waals surface area contributed by atoms with Gasteiger partial charge in [0, 0.05) is 19.6 Å². The fraction of sp³-hybridized carbons (Fsp3) is 0.433. The van der Waals surface area contributed by atoms with Gasteiger partial charge in [0.05, 0.1) is 23.9 Å². The smallest absolute Gasteiger partial charge is 0.322 e. The number of carbonyl (C=O) groups excluding carboxylic acids is 3. The van der Waals surface area contributed by atoms with Crippen molar-refractivity contribution < 1.29 is 19.1 Å². The third-order valence-electron chi connectivity index (χ3n) is 7.51. The molecule has 2 atom stereocenters. The lowest BCUT2D eigenvalue weighted by molar-refractivity contribution is -0.142. The molecule has 2 unspecified atom stereocenters. The first-order chi connectivity index (χ1) is 18.4. The third-order valence-corrected chi connectivity index (χ3v) is 7.51. The highest BCUT2D eigenvalue weighted by atomic mass is 16.5. The van der Waals surface area contributed by atoms with Crippen LogP contribution in [-0.2, 0) is 9.59 Å².